The average molecular weight is 432 g/mol. The van der Waals surface area contributed by atoms with E-state index in [-0.39, 0.29) is 25.0 Å². The number of fused-ring (bicyclic) bond motifs is 3. The van der Waals surface area contributed by atoms with Crippen LogP contribution in [0.5, 0.6) is 0 Å². The quantitative estimate of drug-likeness (QED) is 0.630. The summed E-state index contributed by atoms with van der Waals surface area (Å²) in [6.07, 6.45) is 1.96. The zero-order valence-electron chi connectivity index (χ0n) is 17.5. The molecule has 0 unspecified atom stereocenters. The monoisotopic (exact) mass is 432 g/mol. The lowest BCUT2D eigenvalue weighted by atomic mass is 9.96. The summed E-state index contributed by atoms with van der Waals surface area (Å²) in [4.78, 5) is 35.9. The van der Waals surface area contributed by atoms with Crippen molar-refractivity contribution < 1.29 is 24.2 Å². The van der Waals surface area contributed by atoms with E-state index >= 15 is 0 Å². The Labute approximate surface area is 186 Å². The first-order valence-corrected chi connectivity index (χ1v) is 10.6. The first kappa shape index (κ1) is 21.4. The third kappa shape index (κ3) is 4.30. The molecule has 4 rings (SSSR count). The summed E-state index contributed by atoms with van der Waals surface area (Å²) in [5, 5.41) is 14.0. The third-order valence-corrected chi connectivity index (χ3v) is 6.11. The van der Waals surface area contributed by atoms with Crippen LogP contribution < -0.4 is 10.6 Å². The molecule has 2 aromatic rings. The van der Waals surface area contributed by atoms with E-state index < -0.39 is 17.6 Å². The fourth-order valence-electron chi connectivity index (χ4n) is 4.63. The van der Waals surface area contributed by atoms with E-state index in [9.17, 15) is 14.4 Å². The van der Waals surface area contributed by atoms with Crippen LogP contribution in [0.1, 0.15) is 42.7 Å². The molecule has 32 heavy (non-hydrogen) atoms. The van der Waals surface area contributed by atoms with Gasteiger partial charge in [0.25, 0.3) is 0 Å². The maximum atomic E-state index is 12.7. The van der Waals surface area contributed by atoms with Gasteiger partial charge >= 0.3 is 12.1 Å². The third-order valence-electron chi connectivity index (χ3n) is 6.11. The summed E-state index contributed by atoms with van der Waals surface area (Å²) >= 11 is 0. The first-order chi connectivity index (χ1) is 15.5. The van der Waals surface area contributed by atoms with Crippen LogP contribution in [-0.2, 0) is 14.3 Å². The van der Waals surface area contributed by atoms with E-state index in [1.807, 2.05) is 42.3 Å². The van der Waals surface area contributed by atoms with Gasteiger partial charge in [-0.3, -0.25) is 4.79 Å². The molecule has 2 aliphatic carbocycles. The van der Waals surface area contributed by atoms with Crippen LogP contribution in [0.25, 0.3) is 11.1 Å². The minimum absolute atomic E-state index is 0.0622. The molecule has 0 bridgehead atoms. The normalized spacial score (nSPS) is 15.6. The number of aliphatic carboxylic acids is 1. The summed E-state index contributed by atoms with van der Waals surface area (Å²) < 4.78 is 5.60. The van der Waals surface area contributed by atoms with Gasteiger partial charge in [-0.05, 0) is 35.1 Å². The van der Waals surface area contributed by atoms with Crippen molar-refractivity contribution in [3.05, 3.63) is 59.7 Å². The molecule has 0 heterocycles. The van der Waals surface area contributed by atoms with Gasteiger partial charge in [-0.2, -0.15) is 0 Å². The van der Waals surface area contributed by atoms with Crippen molar-refractivity contribution in [3.8, 4) is 23.0 Å². The summed E-state index contributed by atoms with van der Waals surface area (Å²) in [6, 6.07) is 16.2. The fraction of sp³-hybridized carbons (Fsp3) is 0.320. The van der Waals surface area contributed by atoms with Gasteiger partial charge in [0.15, 0.2) is 0 Å². The van der Waals surface area contributed by atoms with E-state index in [1.54, 1.807) is 0 Å². The maximum Gasteiger partial charge on any atom is 0.408 e. The van der Waals surface area contributed by atoms with Crippen LogP contribution >= 0.6 is 0 Å². The van der Waals surface area contributed by atoms with E-state index in [1.165, 1.54) is 0 Å². The highest BCUT2D eigenvalue weighted by molar-refractivity contribution is 5.91. The molecule has 0 radical (unpaired) electrons. The van der Waals surface area contributed by atoms with E-state index in [0.717, 1.165) is 35.1 Å². The highest BCUT2D eigenvalue weighted by Crippen LogP contribution is 2.44. The molecule has 0 aliphatic heterocycles. The Hall–Kier alpha value is -3.79. The summed E-state index contributed by atoms with van der Waals surface area (Å²) in [7, 11) is 0. The highest BCUT2D eigenvalue weighted by atomic mass is 16.5. The predicted molar refractivity (Wildman–Crippen MR) is 118 cm³/mol. The number of nitrogens with one attached hydrogen (secondary N) is 2. The van der Waals surface area contributed by atoms with Crippen molar-refractivity contribution in [2.45, 2.75) is 37.1 Å². The second kappa shape index (κ2) is 9.15. The number of carboxylic acid groups (broad SMARTS) is 1. The molecular weight excluding hydrogens is 408 g/mol. The molecule has 0 spiro atoms. The number of hydrogen-bond acceptors (Lipinski definition) is 4. The van der Waals surface area contributed by atoms with Crippen molar-refractivity contribution >= 4 is 18.0 Å². The standard InChI is InChI=1S/C25H24N2O5/c28-22(29)12-7-15-26-23(30)25(13-5-6-14-25)27-24(31)32-16-21-19-10-3-1-8-17(19)18-9-2-4-11-20(18)21/h1-4,8-11,21H,5-6,13-16H2,(H,26,30)(H,27,31)(H,28,29). The molecule has 7 nitrogen and oxygen atoms in total. The summed E-state index contributed by atoms with van der Waals surface area (Å²) in [5.74, 6) is 2.63. The minimum atomic E-state index is -1.26. The Balaban J connectivity index is 1.41. The van der Waals surface area contributed by atoms with Gasteiger partial charge in [0.05, 0.1) is 6.54 Å². The van der Waals surface area contributed by atoms with E-state index in [0.29, 0.717) is 12.8 Å². The Morgan fingerprint density at radius 3 is 2.19 bits per heavy atom. The van der Waals surface area contributed by atoms with Crippen LogP contribution in [0, 0.1) is 11.8 Å². The number of benzene rings is 2. The van der Waals surface area contributed by atoms with Gasteiger partial charge in [0.1, 0.15) is 12.1 Å². The van der Waals surface area contributed by atoms with E-state index in [4.69, 9.17) is 9.84 Å². The number of carboxylic acids is 1. The lowest BCUT2D eigenvalue weighted by Gasteiger charge is -2.28. The molecular formula is C25H24N2O5. The van der Waals surface area contributed by atoms with Crippen LogP contribution in [0.2, 0.25) is 0 Å². The Morgan fingerprint density at radius 1 is 1.00 bits per heavy atom. The topological polar surface area (TPSA) is 105 Å². The smallest absolute Gasteiger partial charge is 0.408 e. The van der Waals surface area contributed by atoms with Gasteiger partial charge in [0, 0.05) is 11.8 Å². The van der Waals surface area contributed by atoms with Crippen molar-refractivity contribution in [1.82, 2.24) is 10.6 Å². The predicted octanol–water partition coefficient (Wildman–Crippen LogP) is 3.04. The second-order valence-electron chi connectivity index (χ2n) is 8.03. The molecule has 0 atom stereocenters. The molecule has 1 saturated carbocycles. The molecule has 2 amide bonds. The zero-order valence-corrected chi connectivity index (χ0v) is 17.5. The van der Waals surface area contributed by atoms with Crippen molar-refractivity contribution in [2.75, 3.05) is 13.2 Å². The Bertz CT molecular complexity index is 1060. The zero-order chi connectivity index (χ0) is 22.6. The molecule has 2 aliphatic rings. The molecule has 164 valence electrons. The largest absolute Gasteiger partial charge is 0.472 e. The summed E-state index contributed by atoms with van der Waals surface area (Å²) in [6.45, 7) is 0.0703. The van der Waals surface area contributed by atoms with Gasteiger partial charge in [-0.15, -0.1) is 0 Å². The Kier molecular flexibility index (Phi) is 6.13. The van der Waals surface area contributed by atoms with Gasteiger partial charge in [-0.25, -0.2) is 9.59 Å². The van der Waals surface area contributed by atoms with E-state index in [2.05, 4.69) is 28.7 Å². The highest BCUT2D eigenvalue weighted by Gasteiger charge is 2.43. The molecule has 1 fully saturated rings. The fourth-order valence-corrected chi connectivity index (χ4v) is 4.63. The maximum absolute atomic E-state index is 12.7. The van der Waals surface area contributed by atoms with Crippen LogP contribution in [0.15, 0.2) is 48.5 Å². The van der Waals surface area contributed by atoms with Crippen LogP contribution in [-0.4, -0.2) is 41.8 Å². The lowest BCUT2D eigenvalue weighted by molar-refractivity contribution is -0.130. The van der Waals surface area contributed by atoms with Crippen LogP contribution in [0.3, 0.4) is 0 Å². The number of carbonyl (C=O) groups is 3. The summed E-state index contributed by atoms with van der Waals surface area (Å²) in [5.41, 5.74) is 3.46. The van der Waals surface area contributed by atoms with Gasteiger partial charge in [0.2, 0.25) is 5.91 Å². The van der Waals surface area contributed by atoms with Crippen molar-refractivity contribution in [3.63, 3.8) is 0 Å². The Morgan fingerprint density at radius 2 is 1.59 bits per heavy atom. The molecule has 0 aromatic heterocycles. The SMILES string of the molecule is O=C(O)C#CCNC(=O)C1(NC(=O)OCC2c3ccccc3-c3ccccc32)CCCC1. The second-order valence-corrected chi connectivity index (χ2v) is 8.03. The molecule has 7 heteroatoms. The average Bonchev–Trinajstić information content (AvgIpc) is 3.39. The number of carbonyl (C=O) groups excluding carboxylic acids is 2. The molecule has 2 aromatic carbocycles. The first-order valence-electron chi connectivity index (χ1n) is 10.6. The van der Waals surface area contributed by atoms with Crippen LogP contribution in [0.4, 0.5) is 4.79 Å². The van der Waals surface area contributed by atoms with Crippen molar-refractivity contribution in [1.29, 1.82) is 0 Å². The number of alkyl carbamates (subject to hydrolysis) is 1. The number of hydrogen-bond donors (Lipinski definition) is 3. The number of ether oxygens (including phenoxy) is 1. The number of rotatable bonds is 5. The lowest BCUT2D eigenvalue weighted by Crippen LogP contribution is -2.57. The minimum Gasteiger partial charge on any atom is -0.472 e. The molecule has 0 saturated heterocycles. The molecule has 3 N–H and O–H groups in total. The van der Waals surface area contributed by atoms with Gasteiger partial charge in [-0.1, -0.05) is 67.3 Å². The number of amides is 2. The van der Waals surface area contributed by atoms with Gasteiger partial charge < -0.3 is 20.5 Å². The van der Waals surface area contributed by atoms with Crippen molar-refractivity contribution in [2.24, 2.45) is 0 Å².